The smallest absolute Gasteiger partial charge is 0.390 e. The van der Waals surface area contributed by atoms with Crippen LogP contribution in [0.25, 0.3) is 0 Å². The number of amides is 2. The summed E-state index contributed by atoms with van der Waals surface area (Å²) in [6.07, 6.45) is -2.57. The van der Waals surface area contributed by atoms with Gasteiger partial charge in [-0.25, -0.2) is 14.2 Å². The van der Waals surface area contributed by atoms with Crippen molar-refractivity contribution in [3.05, 3.63) is 57.5 Å². The number of alkyl halides is 3. The van der Waals surface area contributed by atoms with Crippen molar-refractivity contribution >= 4 is 11.7 Å². The minimum atomic E-state index is -5.00. The number of benzene rings is 1. The van der Waals surface area contributed by atoms with Gasteiger partial charge >= 0.3 is 12.2 Å². The Hall–Kier alpha value is -3.39. The van der Waals surface area contributed by atoms with Gasteiger partial charge in [-0.05, 0) is 25.0 Å². The number of carbonyl (C=O) groups is 1. The Bertz CT molecular complexity index is 1180. The standard InChI is InChI=1S/C20H16F4N4O3/c21-15-7-14-16(5-12(15)8-28-10-25-13(9-29)6-17(28)30)26-18(31)27-19(14,20(22,23)24)4-3-11-1-2-11/h5-7,10-11,29H,1-2,8-9H2,(H2,26,27,31)/t19-/m0/s1. The SMILES string of the molecule is O=C1Nc2cc(Cn3cnc(CO)cc3=O)c(F)cc2[C@@](C#CC2CC2)(C(F)(F)F)N1. The molecule has 31 heavy (non-hydrogen) atoms. The molecule has 2 amide bonds. The Labute approximate surface area is 173 Å². The Morgan fingerprint density at radius 1 is 1.26 bits per heavy atom. The molecule has 2 heterocycles. The van der Waals surface area contributed by atoms with E-state index in [4.69, 9.17) is 5.11 Å². The molecule has 0 radical (unpaired) electrons. The number of hydrogen-bond acceptors (Lipinski definition) is 4. The highest BCUT2D eigenvalue weighted by molar-refractivity contribution is 5.95. The monoisotopic (exact) mass is 436 g/mol. The summed E-state index contributed by atoms with van der Waals surface area (Å²) in [5.74, 6) is 3.47. The van der Waals surface area contributed by atoms with Gasteiger partial charge in [0.15, 0.2) is 0 Å². The number of nitrogens with one attached hydrogen (secondary N) is 2. The summed E-state index contributed by atoms with van der Waals surface area (Å²) in [5, 5.41) is 13.1. The quantitative estimate of drug-likeness (QED) is 0.508. The number of aliphatic hydroxyl groups excluding tert-OH is 1. The summed E-state index contributed by atoms with van der Waals surface area (Å²) in [5.41, 5.74) is -4.46. The molecule has 11 heteroatoms. The van der Waals surface area contributed by atoms with Gasteiger partial charge in [0.05, 0.1) is 25.2 Å². The van der Waals surface area contributed by atoms with Crippen LogP contribution in [-0.2, 0) is 18.7 Å². The maximum absolute atomic E-state index is 14.8. The molecule has 1 fully saturated rings. The zero-order chi connectivity index (χ0) is 22.4. The molecule has 0 bridgehead atoms. The van der Waals surface area contributed by atoms with Crippen LogP contribution < -0.4 is 16.2 Å². The van der Waals surface area contributed by atoms with Gasteiger partial charge in [-0.2, -0.15) is 13.2 Å². The number of aromatic nitrogens is 2. The zero-order valence-corrected chi connectivity index (χ0v) is 15.9. The summed E-state index contributed by atoms with van der Waals surface area (Å²) >= 11 is 0. The molecule has 1 saturated carbocycles. The van der Waals surface area contributed by atoms with Crippen LogP contribution in [0.5, 0.6) is 0 Å². The normalized spacial score (nSPS) is 20.2. The molecule has 162 valence electrons. The minimum Gasteiger partial charge on any atom is -0.390 e. The fourth-order valence-electron chi connectivity index (χ4n) is 3.23. The average molecular weight is 436 g/mol. The molecule has 4 rings (SSSR count). The third-order valence-corrected chi connectivity index (χ3v) is 5.04. The van der Waals surface area contributed by atoms with Gasteiger partial charge in [0.2, 0.25) is 5.54 Å². The lowest BCUT2D eigenvalue weighted by molar-refractivity contribution is -0.178. The molecule has 0 saturated heterocycles. The van der Waals surface area contributed by atoms with Crippen molar-refractivity contribution in [2.45, 2.75) is 37.7 Å². The first-order valence-electron chi connectivity index (χ1n) is 9.30. The first kappa shape index (κ1) is 20.9. The van der Waals surface area contributed by atoms with Crippen molar-refractivity contribution in [1.29, 1.82) is 0 Å². The van der Waals surface area contributed by atoms with Gasteiger partial charge in [0, 0.05) is 28.8 Å². The van der Waals surface area contributed by atoms with E-state index in [0.717, 1.165) is 23.0 Å². The predicted octanol–water partition coefficient (Wildman–Crippen LogP) is 2.23. The lowest BCUT2D eigenvalue weighted by Crippen LogP contribution is -2.59. The van der Waals surface area contributed by atoms with Crippen LogP contribution in [0.1, 0.15) is 29.7 Å². The molecule has 0 spiro atoms. The van der Waals surface area contributed by atoms with Crippen LogP contribution in [0.15, 0.2) is 29.3 Å². The van der Waals surface area contributed by atoms with Gasteiger partial charge < -0.3 is 15.7 Å². The van der Waals surface area contributed by atoms with Crippen LogP contribution in [0.4, 0.5) is 28.0 Å². The second-order valence-electron chi connectivity index (χ2n) is 7.36. The van der Waals surface area contributed by atoms with Crippen molar-refractivity contribution in [2.24, 2.45) is 5.92 Å². The largest absolute Gasteiger partial charge is 0.427 e. The number of hydrogen-bond donors (Lipinski definition) is 3. The molecule has 0 unspecified atom stereocenters. The topological polar surface area (TPSA) is 96.2 Å². The van der Waals surface area contributed by atoms with Crippen LogP contribution >= 0.6 is 0 Å². The van der Waals surface area contributed by atoms with Gasteiger partial charge in [0.1, 0.15) is 5.82 Å². The summed E-state index contributed by atoms with van der Waals surface area (Å²) in [4.78, 5) is 28.0. The highest BCUT2D eigenvalue weighted by Crippen LogP contribution is 2.45. The van der Waals surface area contributed by atoms with Crippen molar-refractivity contribution in [3.63, 3.8) is 0 Å². The first-order chi connectivity index (χ1) is 14.6. The molecule has 2 aliphatic rings. The molecule has 1 aliphatic heterocycles. The fourth-order valence-corrected chi connectivity index (χ4v) is 3.23. The number of anilines is 1. The lowest BCUT2D eigenvalue weighted by atomic mass is 9.85. The number of nitrogens with zero attached hydrogens (tertiary/aromatic N) is 2. The number of urea groups is 1. The molecule has 1 aromatic carbocycles. The number of aliphatic hydroxyl groups is 1. The van der Waals surface area contributed by atoms with Gasteiger partial charge in [0.25, 0.3) is 5.56 Å². The van der Waals surface area contributed by atoms with Gasteiger partial charge in [-0.1, -0.05) is 11.8 Å². The Morgan fingerprint density at radius 3 is 2.61 bits per heavy atom. The lowest BCUT2D eigenvalue weighted by Gasteiger charge is -2.37. The van der Waals surface area contributed by atoms with E-state index >= 15 is 0 Å². The third kappa shape index (κ3) is 3.86. The van der Waals surface area contributed by atoms with Crippen LogP contribution in [-0.4, -0.2) is 26.9 Å². The molecule has 1 atom stereocenters. The van der Waals surface area contributed by atoms with E-state index in [9.17, 15) is 27.2 Å². The Morgan fingerprint density at radius 2 is 2.00 bits per heavy atom. The van der Waals surface area contributed by atoms with E-state index in [0.29, 0.717) is 18.9 Å². The molecular weight excluding hydrogens is 420 g/mol. The van der Waals surface area contributed by atoms with Crippen molar-refractivity contribution in [1.82, 2.24) is 14.9 Å². The number of halogens is 4. The summed E-state index contributed by atoms with van der Waals surface area (Å²) in [6, 6.07) is 1.66. The second kappa shape index (κ2) is 7.39. The van der Waals surface area contributed by atoms with Gasteiger partial charge in [-0.3, -0.25) is 9.36 Å². The van der Waals surface area contributed by atoms with E-state index in [1.165, 1.54) is 0 Å². The molecule has 7 nitrogen and oxygen atoms in total. The van der Waals surface area contributed by atoms with E-state index in [1.54, 1.807) is 0 Å². The van der Waals surface area contributed by atoms with E-state index in [1.807, 2.05) is 5.32 Å². The number of carbonyl (C=O) groups excluding carboxylic acids is 1. The van der Waals surface area contributed by atoms with Gasteiger partial charge in [-0.15, -0.1) is 0 Å². The maximum Gasteiger partial charge on any atom is 0.427 e. The highest BCUT2D eigenvalue weighted by atomic mass is 19.4. The highest BCUT2D eigenvalue weighted by Gasteiger charge is 2.59. The average Bonchev–Trinajstić information content (AvgIpc) is 3.52. The predicted molar refractivity (Wildman–Crippen MR) is 100 cm³/mol. The van der Waals surface area contributed by atoms with Crippen LogP contribution in [0.2, 0.25) is 0 Å². The van der Waals surface area contributed by atoms with Crippen molar-refractivity contribution in [2.75, 3.05) is 5.32 Å². The summed E-state index contributed by atoms with van der Waals surface area (Å²) in [7, 11) is 0. The van der Waals surface area contributed by atoms with Crippen molar-refractivity contribution < 1.29 is 27.5 Å². The second-order valence-corrected chi connectivity index (χ2v) is 7.36. The maximum atomic E-state index is 14.8. The van der Waals surface area contributed by atoms with E-state index < -0.39 is 41.3 Å². The first-order valence-corrected chi connectivity index (χ1v) is 9.30. The molecular formula is C20H16F4N4O3. The summed E-state index contributed by atoms with van der Waals surface area (Å²) < 4.78 is 58.1. The Balaban J connectivity index is 1.80. The molecule has 3 N–H and O–H groups in total. The molecule has 1 aromatic heterocycles. The van der Waals surface area contributed by atoms with E-state index in [-0.39, 0.29) is 29.4 Å². The number of rotatable bonds is 3. The Kier molecular flexibility index (Phi) is 4.97. The minimum absolute atomic E-state index is 0.120. The van der Waals surface area contributed by atoms with Crippen LogP contribution in [0.3, 0.4) is 0 Å². The van der Waals surface area contributed by atoms with E-state index in [2.05, 4.69) is 22.1 Å². The zero-order valence-electron chi connectivity index (χ0n) is 15.9. The summed E-state index contributed by atoms with van der Waals surface area (Å²) in [6.45, 7) is -0.795. The number of fused-ring (bicyclic) bond motifs is 1. The molecule has 2 aromatic rings. The third-order valence-electron chi connectivity index (χ3n) is 5.04. The molecule has 1 aliphatic carbocycles. The van der Waals surface area contributed by atoms with Crippen molar-refractivity contribution in [3.8, 4) is 11.8 Å². The fraction of sp³-hybridized carbons (Fsp3) is 0.350. The van der Waals surface area contributed by atoms with Crippen LogP contribution in [0, 0.1) is 23.6 Å².